The van der Waals surface area contributed by atoms with Gasteiger partial charge in [0.05, 0.1) is 0 Å². The van der Waals surface area contributed by atoms with Gasteiger partial charge in [-0.3, -0.25) is 19.9 Å². The zero-order valence-electron chi connectivity index (χ0n) is 9.88. The minimum absolute atomic E-state index is 0.222. The number of hydrogen-bond donors (Lipinski definition) is 1. The lowest BCUT2D eigenvalue weighted by atomic mass is 10.1. The summed E-state index contributed by atoms with van der Waals surface area (Å²) in [6.45, 7) is 1.82. The van der Waals surface area contributed by atoms with Crippen molar-refractivity contribution in [2.75, 3.05) is 0 Å². The molecular formula is C14H12N2O2. The zero-order valence-corrected chi connectivity index (χ0v) is 9.88. The van der Waals surface area contributed by atoms with Crippen molar-refractivity contribution in [2.45, 2.75) is 6.92 Å². The second kappa shape index (κ2) is 5.23. The monoisotopic (exact) mass is 240 g/mol. The predicted molar refractivity (Wildman–Crippen MR) is 67.2 cm³/mol. The molecule has 2 rings (SSSR count). The molecule has 0 aliphatic rings. The Morgan fingerprint density at radius 3 is 2.39 bits per heavy atom. The maximum atomic E-state index is 11.9. The molecule has 1 aromatic heterocycles. The summed E-state index contributed by atoms with van der Waals surface area (Å²) in [5.74, 6) is -0.910. The van der Waals surface area contributed by atoms with Crippen molar-refractivity contribution in [2.24, 2.45) is 0 Å². The van der Waals surface area contributed by atoms with Gasteiger partial charge < -0.3 is 0 Å². The molecule has 1 aromatic carbocycles. The minimum Gasteiger partial charge on any atom is -0.287 e. The fraction of sp³-hybridized carbons (Fsp3) is 0.0714. The van der Waals surface area contributed by atoms with E-state index in [1.54, 1.807) is 30.3 Å². The van der Waals surface area contributed by atoms with Crippen molar-refractivity contribution in [3.05, 3.63) is 65.5 Å². The van der Waals surface area contributed by atoms with Crippen molar-refractivity contribution in [1.82, 2.24) is 10.3 Å². The Hall–Kier alpha value is -2.49. The molecule has 0 unspecified atom stereocenters. The first-order chi connectivity index (χ1) is 8.68. The van der Waals surface area contributed by atoms with E-state index in [1.165, 1.54) is 6.20 Å². The Morgan fingerprint density at radius 2 is 1.72 bits per heavy atom. The zero-order chi connectivity index (χ0) is 13.0. The number of pyridine rings is 1. The number of hydrogen-bond acceptors (Lipinski definition) is 3. The van der Waals surface area contributed by atoms with E-state index in [1.807, 2.05) is 19.1 Å². The van der Waals surface area contributed by atoms with Crippen LogP contribution in [0.4, 0.5) is 0 Å². The molecule has 0 bridgehead atoms. The highest BCUT2D eigenvalue weighted by atomic mass is 16.2. The second-order valence-electron chi connectivity index (χ2n) is 3.81. The van der Waals surface area contributed by atoms with Crippen molar-refractivity contribution < 1.29 is 9.59 Å². The number of nitrogens with one attached hydrogen (secondary N) is 1. The first-order valence-electron chi connectivity index (χ1n) is 5.51. The molecule has 2 aromatic rings. The number of rotatable bonds is 2. The van der Waals surface area contributed by atoms with Crippen molar-refractivity contribution in [3.8, 4) is 0 Å². The van der Waals surface area contributed by atoms with E-state index < -0.39 is 11.8 Å². The molecule has 18 heavy (non-hydrogen) atoms. The summed E-state index contributed by atoms with van der Waals surface area (Å²) in [4.78, 5) is 27.5. The molecule has 0 saturated heterocycles. The normalized spacial score (nSPS) is 9.83. The molecule has 2 amide bonds. The summed E-state index contributed by atoms with van der Waals surface area (Å²) >= 11 is 0. The molecule has 4 nitrogen and oxygen atoms in total. The standard InChI is InChI=1S/C14H12N2O2/c1-10-6-2-3-7-11(10)13(17)16-14(18)12-8-4-5-9-15-12/h2-9H,1H3,(H,16,17,18). The molecule has 90 valence electrons. The lowest BCUT2D eigenvalue weighted by Gasteiger charge is -2.05. The first-order valence-corrected chi connectivity index (χ1v) is 5.51. The molecule has 0 saturated carbocycles. The van der Waals surface area contributed by atoms with Crippen LogP contribution >= 0.6 is 0 Å². The summed E-state index contributed by atoms with van der Waals surface area (Å²) in [5, 5.41) is 2.31. The number of carbonyl (C=O) groups is 2. The molecule has 1 N–H and O–H groups in total. The number of aryl methyl sites for hydroxylation is 1. The maximum absolute atomic E-state index is 11.9. The van der Waals surface area contributed by atoms with Gasteiger partial charge in [0.25, 0.3) is 11.8 Å². The van der Waals surface area contributed by atoms with Gasteiger partial charge in [0.2, 0.25) is 0 Å². The molecular weight excluding hydrogens is 228 g/mol. The van der Waals surface area contributed by atoms with E-state index in [9.17, 15) is 9.59 Å². The van der Waals surface area contributed by atoms with E-state index in [2.05, 4.69) is 10.3 Å². The van der Waals surface area contributed by atoms with Crippen LogP contribution in [0.25, 0.3) is 0 Å². The molecule has 0 radical (unpaired) electrons. The van der Waals surface area contributed by atoms with Gasteiger partial charge in [0, 0.05) is 11.8 Å². The lowest BCUT2D eigenvalue weighted by molar-refractivity contribution is 0.0846. The fourth-order valence-corrected chi connectivity index (χ4v) is 1.56. The van der Waals surface area contributed by atoms with Crippen LogP contribution in [-0.4, -0.2) is 16.8 Å². The summed E-state index contributed by atoms with van der Waals surface area (Å²) in [5.41, 5.74) is 1.53. The van der Waals surface area contributed by atoms with Crippen molar-refractivity contribution in [3.63, 3.8) is 0 Å². The van der Waals surface area contributed by atoms with Gasteiger partial charge in [0.15, 0.2) is 0 Å². The van der Waals surface area contributed by atoms with Crippen molar-refractivity contribution >= 4 is 11.8 Å². The number of aromatic nitrogens is 1. The van der Waals surface area contributed by atoms with Gasteiger partial charge in [-0.2, -0.15) is 0 Å². The van der Waals surface area contributed by atoms with E-state index in [0.29, 0.717) is 5.56 Å². The Bertz CT molecular complexity index is 579. The van der Waals surface area contributed by atoms with Crippen LogP contribution in [0.2, 0.25) is 0 Å². The third-order valence-corrected chi connectivity index (χ3v) is 2.51. The summed E-state index contributed by atoms with van der Waals surface area (Å²) in [6, 6.07) is 12.1. The summed E-state index contributed by atoms with van der Waals surface area (Å²) in [7, 11) is 0. The number of amides is 2. The number of benzene rings is 1. The largest absolute Gasteiger partial charge is 0.287 e. The summed E-state index contributed by atoms with van der Waals surface area (Å²) < 4.78 is 0. The third-order valence-electron chi connectivity index (χ3n) is 2.51. The molecule has 0 aliphatic carbocycles. The molecule has 0 fully saturated rings. The first kappa shape index (κ1) is 12.0. The average Bonchev–Trinajstić information content (AvgIpc) is 2.40. The average molecular weight is 240 g/mol. The molecule has 4 heteroatoms. The highest BCUT2D eigenvalue weighted by Gasteiger charge is 2.13. The highest BCUT2D eigenvalue weighted by molar-refractivity contribution is 6.10. The van der Waals surface area contributed by atoms with Crippen LogP contribution in [0.5, 0.6) is 0 Å². The number of nitrogens with zero attached hydrogens (tertiary/aromatic N) is 1. The quantitative estimate of drug-likeness (QED) is 0.816. The van der Waals surface area contributed by atoms with Gasteiger partial charge >= 0.3 is 0 Å². The topological polar surface area (TPSA) is 59.1 Å². The Labute approximate surface area is 105 Å². The summed E-state index contributed by atoms with van der Waals surface area (Å²) in [6.07, 6.45) is 1.51. The van der Waals surface area contributed by atoms with Gasteiger partial charge in [0.1, 0.15) is 5.69 Å². The van der Waals surface area contributed by atoms with Crippen molar-refractivity contribution in [1.29, 1.82) is 0 Å². The Morgan fingerprint density at radius 1 is 1.00 bits per heavy atom. The van der Waals surface area contributed by atoms with Gasteiger partial charge in [-0.25, -0.2) is 0 Å². The maximum Gasteiger partial charge on any atom is 0.276 e. The fourth-order valence-electron chi connectivity index (χ4n) is 1.56. The molecule has 0 aliphatic heterocycles. The highest BCUT2D eigenvalue weighted by Crippen LogP contribution is 2.06. The van der Waals surface area contributed by atoms with Crippen LogP contribution in [-0.2, 0) is 0 Å². The van der Waals surface area contributed by atoms with Crippen LogP contribution in [0.3, 0.4) is 0 Å². The number of imide groups is 1. The third kappa shape index (κ3) is 2.60. The van der Waals surface area contributed by atoms with Crippen LogP contribution in [0, 0.1) is 6.92 Å². The van der Waals surface area contributed by atoms with Crippen LogP contribution in [0.1, 0.15) is 26.4 Å². The molecule has 1 heterocycles. The van der Waals surface area contributed by atoms with Gasteiger partial charge in [-0.1, -0.05) is 24.3 Å². The Balaban J connectivity index is 2.14. The SMILES string of the molecule is Cc1ccccc1C(=O)NC(=O)c1ccccn1. The van der Waals surface area contributed by atoms with E-state index >= 15 is 0 Å². The van der Waals surface area contributed by atoms with Gasteiger partial charge in [-0.05, 0) is 30.7 Å². The number of carbonyl (C=O) groups excluding carboxylic acids is 2. The van der Waals surface area contributed by atoms with Crippen LogP contribution in [0.15, 0.2) is 48.7 Å². The lowest BCUT2D eigenvalue weighted by Crippen LogP contribution is -2.31. The Kier molecular flexibility index (Phi) is 3.48. The van der Waals surface area contributed by atoms with E-state index in [4.69, 9.17) is 0 Å². The smallest absolute Gasteiger partial charge is 0.276 e. The van der Waals surface area contributed by atoms with Gasteiger partial charge in [-0.15, -0.1) is 0 Å². The van der Waals surface area contributed by atoms with E-state index in [-0.39, 0.29) is 5.69 Å². The molecule has 0 spiro atoms. The second-order valence-corrected chi connectivity index (χ2v) is 3.81. The molecule has 0 atom stereocenters. The van der Waals surface area contributed by atoms with E-state index in [0.717, 1.165) is 5.56 Å². The van der Waals surface area contributed by atoms with Crippen LogP contribution < -0.4 is 5.32 Å². The minimum atomic E-state index is -0.496. The predicted octanol–water partition coefficient (Wildman–Crippen LogP) is 1.96.